The van der Waals surface area contributed by atoms with E-state index in [2.05, 4.69) is 10.1 Å². The number of anilines is 1. The van der Waals surface area contributed by atoms with E-state index in [0.717, 1.165) is 16.8 Å². The standard InChI is InChI=1S/C21H24N4O3/c1-5-14(2)28-19-12-16(24(3)4)11-10-15(19)13-22-25-20(26)17-8-6-7-9-18(17)23-21(25)27/h6-14H,5H2,1-4H3,(H,23,27)/t14-/m1/s1. The molecule has 0 saturated heterocycles. The predicted molar refractivity (Wildman–Crippen MR) is 113 cm³/mol. The third kappa shape index (κ3) is 3.98. The number of hydrogen-bond acceptors (Lipinski definition) is 5. The zero-order valence-corrected chi connectivity index (χ0v) is 16.5. The Kier molecular flexibility index (Phi) is 5.63. The molecular formula is C21H24N4O3. The second-order valence-electron chi connectivity index (χ2n) is 6.79. The molecule has 0 aliphatic carbocycles. The molecule has 7 nitrogen and oxygen atoms in total. The number of nitrogens with one attached hydrogen (secondary N) is 1. The number of ether oxygens (including phenoxy) is 1. The Morgan fingerprint density at radius 2 is 1.96 bits per heavy atom. The first-order valence-corrected chi connectivity index (χ1v) is 9.17. The van der Waals surface area contributed by atoms with Crippen molar-refractivity contribution in [2.45, 2.75) is 26.4 Å². The van der Waals surface area contributed by atoms with Gasteiger partial charge < -0.3 is 14.6 Å². The summed E-state index contributed by atoms with van der Waals surface area (Å²) in [7, 11) is 3.90. The van der Waals surface area contributed by atoms with Crippen LogP contribution in [0.4, 0.5) is 5.69 Å². The molecule has 1 atom stereocenters. The Balaban J connectivity index is 2.06. The highest BCUT2D eigenvalue weighted by molar-refractivity contribution is 5.85. The molecule has 0 bridgehead atoms. The van der Waals surface area contributed by atoms with Crippen molar-refractivity contribution in [3.05, 3.63) is 68.9 Å². The molecule has 0 fully saturated rings. The molecule has 146 valence electrons. The molecule has 3 rings (SSSR count). The molecule has 0 aliphatic rings. The van der Waals surface area contributed by atoms with Gasteiger partial charge in [-0.05, 0) is 37.6 Å². The second-order valence-corrected chi connectivity index (χ2v) is 6.79. The number of benzene rings is 2. The van der Waals surface area contributed by atoms with Crippen LogP contribution in [0.15, 0.2) is 57.2 Å². The lowest BCUT2D eigenvalue weighted by Crippen LogP contribution is -2.32. The van der Waals surface area contributed by atoms with Gasteiger partial charge in [0.15, 0.2) is 0 Å². The number of rotatable bonds is 6. The number of nitrogens with zero attached hydrogens (tertiary/aromatic N) is 3. The van der Waals surface area contributed by atoms with Crippen molar-refractivity contribution in [3.63, 3.8) is 0 Å². The zero-order valence-electron chi connectivity index (χ0n) is 16.5. The number of H-pyrrole nitrogens is 1. The summed E-state index contributed by atoms with van der Waals surface area (Å²) < 4.78 is 6.84. The van der Waals surface area contributed by atoms with E-state index in [0.29, 0.717) is 22.2 Å². The minimum Gasteiger partial charge on any atom is -0.490 e. The van der Waals surface area contributed by atoms with Gasteiger partial charge in [0.1, 0.15) is 5.75 Å². The van der Waals surface area contributed by atoms with Crippen molar-refractivity contribution >= 4 is 22.8 Å². The van der Waals surface area contributed by atoms with Crippen molar-refractivity contribution < 1.29 is 4.74 Å². The maximum atomic E-state index is 12.6. The van der Waals surface area contributed by atoms with Gasteiger partial charge in [-0.1, -0.05) is 19.1 Å². The van der Waals surface area contributed by atoms with E-state index in [1.807, 2.05) is 51.0 Å². The Hall–Kier alpha value is -3.35. The topological polar surface area (TPSA) is 79.7 Å². The van der Waals surface area contributed by atoms with E-state index in [9.17, 15) is 9.59 Å². The lowest BCUT2D eigenvalue weighted by Gasteiger charge is -2.18. The fraction of sp³-hybridized carbons (Fsp3) is 0.286. The molecule has 0 radical (unpaired) electrons. The summed E-state index contributed by atoms with van der Waals surface area (Å²) in [6.45, 7) is 4.03. The maximum absolute atomic E-state index is 12.6. The van der Waals surface area contributed by atoms with Crippen LogP contribution < -0.4 is 20.9 Å². The molecule has 1 aromatic heterocycles. The van der Waals surface area contributed by atoms with Crippen LogP contribution in [0.2, 0.25) is 0 Å². The van der Waals surface area contributed by atoms with Crippen LogP contribution in [-0.4, -0.2) is 36.1 Å². The molecule has 0 amide bonds. The van der Waals surface area contributed by atoms with Gasteiger partial charge in [-0.15, -0.1) is 4.68 Å². The van der Waals surface area contributed by atoms with Gasteiger partial charge in [0, 0.05) is 31.4 Å². The number of aromatic nitrogens is 2. The lowest BCUT2D eigenvalue weighted by atomic mass is 10.2. The smallest absolute Gasteiger partial charge is 0.349 e. The predicted octanol–water partition coefficient (Wildman–Crippen LogP) is 2.82. The van der Waals surface area contributed by atoms with E-state index >= 15 is 0 Å². The van der Waals surface area contributed by atoms with Crippen molar-refractivity contribution in [1.82, 2.24) is 9.66 Å². The highest BCUT2D eigenvalue weighted by Gasteiger charge is 2.10. The highest BCUT2D eigenvalue weighted by atomic mass is 16.5. The Bertz CT molecular complexity index is 1130. The Morgan fingerprint density at radius 1 is 1.21 bits per heavy atom. The SMILES string of the molecule is CC[C@@H](C)Oc1cc(N(C)C)ccc1C=Nn1c(=O)[nH]c2ccccc2c1=O. The maximum Gasteiger partial charge on any atom is 0.349 e. The minimum absolute atomic E-state index is 0.0244. The third-order valence-corrected chi connectivity index (χ3v) is 4.51. The molecule has 1 N–H and O–H groups in total. The molecule has 7 heteroatoms. The number of para-hydroxylation sites is 1. The molecular weight excluding hydrogens is 356 g/mol. The fourth-order valence-electron chi connectivity index (χ4n) is 2.69. The summed E-state index contributed by atoms with van der Waals surface area (Å²) in [5.74, 6) is 0.648. The van der Waals surface area contributed by atoms with E-state index in [1.165, 1.54) is 6.21 Å². The average Bonchev–Trinajstić information content (AvgIpc) is 2.68. The van der Waals surface area contributed by atoms with Gasteiger partial charge in [0.05, 0.1) is 23.2 Å². The van der Waals surface area contributed by atoms with Crippen LogP contribution in [-0.2, 0) is 0 Å². The van der Waals surface area contributed by atoms with Gasteiger partial charge in [-0.25, -0.2) is 4.79 Å². The summed E-state index contributed by atoms with van der Waals surface area (Å²) >= 11 is 0. The summed E-state index contributed by atoms with van der Waals surface area (Å²) in [6.07, 6.45) is 2.35. The van der Waals surface area contributed by atoms with Gasteiger partial charge >= 0.3 is 5.69 Å². The first-order valence-electron chi connectivity index (χ1n) is 9.17. The third-order valence-electron chi connectivity index (χ3n) is 4.51. The van der Waals surface area contributed by atoms with Crippen molar-refractivity contribution in [1.29, 1.82) is 0 Å². The molecule has 0 spiro atoms. The highest BCUT2D eigenvalue weighted by Crippen LogP contribution is 2.25. The fourth-order valence-corrected chi connectivity index (χ4v) is 2.69. The Morgan fingerprint density at radius 3 is 2.68 bits per heavy atom. The molecule has 0 unspecified atom stereocenters. The largest absolute Gasteiger partial charge is 0.490 e. The van der Waals surface area contributed by atoms with Crippen LogP contribution in [0.25, 0.3) is 10.9 Å². The molecule has 0 aliphatic heterocycles. The number of hydrogen-bond donors (Lipinski definition) is 1. The minimum atomic E-state index is -0.589. The monoisotopic (exact) mass is 380 g/mol. The number of aromatic amines is 1. The van der Waals surface area contributed by atoms with E-state index in [1.54, 1.807) is 24.3 Å². The van der Waals surface area contributed by atoms with Gasteiger partial charge in [0.2, 0.25) is 0 Å². The lowest BCUT2D eigenvalue weighted by molar-refractivity contribution is 0.217. The average molecular weight is 380 g/mol. The zero-order chi connectivity index (χ0) is 20.3. The molecule has 1 heterocycles. The summed E-state index contributed by atoms with van der Waals surface area (Å²) in [6, 6.07) is 12.5. The van der Waals surface area contributed by atoms with Gasteiger partial charge in [0.25, 0.3) is 5.56 Å². The van der Waals surface area contributed by atoms with Crippen LogP contribution in [0.5, 0.6) is 5.75 Å². The summed E-state index contributed by atoms with van der Waals surface area (Å²) in [5, 5.41) is 4.54. The molecule has 0 saturated carbocycles. The summed E-state index contributed by atoms with van der Waals surface area (Å²) in [4.78, 5) is 29.5. The first kappa shape index (κ1) is 19.4. The first-order chi connectivity index (χ1) is 13.4. The number of fused-ring (bicyclic) bond motifs is 1. The second kappa shape index (κ2) is 8.12. The van der Waals surface area contributed by atoms with Gasteiger partial charge in [-0.2, -0.15) is 5.10 Å². The van der Waals surface area contributed by atoms with Crippen LogP contribution in [0.3, 0.4) is 0 Å². The van der Waals surface area contributed by atoms with Crippen molar-refractivity contribution in [2.75, 3.05) is 19.0 Å². The van der Waals surface area contributed by atoms with Crippen molar-refractivity contribution in [3.8, 4) is 5.75 Å². The van der Waals surface area contributed by atoms with E-state index in [4.69, 9.17) is 4.74 Å². The quantitative estimate of drug-likeness (QED) is 0.667. The van der Waals surface area contributed by atoms with Gasteiger partial charge in [-0.3, -0.25) is 4.79 Å². The Labute approximate surface area is 162 Å². The molecule has 28 heavy (non-hydrogen) atoms. The molecule has 2 aromatic carbocycles. The normalized spacial score (nSPS) is 12.4. The van der Waals surface area contributed by atoms with Crippen LogP contribution >= 0.6 is 0 Å². The van der Waals surface area contributed by atoms with Crippen molar-refractivity contribution in [2.24, 2.45) is 5.10 Å². The van der Waals surface area contributed by atoms with E-state index in [-0.39, 0.29) is 6.10 Å². The molecule has 3 aromatic rings. The van der Waals surface area contributed by atoms with Crippen LogP contribution in [0, 0.1) is 0 Å². The van der Waals surface area contributed by atoms with Crippen LogP contribution in [0.1, 0.15) is 25.8 Å². The van der Waals surface area contributed by atoms with E-state index < -0.39 is 11.2 Å². The summed E-state index contributed by atoms with van der Waals surface area (Å²) in [5.41, 5.74) is 1.10.